The number of hydrogen-bond donors (Lipinski definition) is 0. The summed E-state index contributed by atoms with van der Waals surface area (Å²) in [7, 11) is 0. The Kier molecular flexibility index (Phi) is 5.82. The zero-order valence-electron chi connectivity index (χ0n) is 13.4. The fraction of sp³-hybridized carbons (Fsp3) is 0.188. The van der Waals surface area contributed by atoms with E-state index in [2.05, 4.69) is 31.2 Å². The second-order valence-corrected chi connectivity index (χ2v) is 7.05. The van der Waals surface area contributed by atoms with Crippen molar-refractivity contribution in [3.05, 3.63) is 57.2 Å². The number of aryl methyl sites for hydroxylation is 1. The van der Waals surface area contributed by atoms with Gasteiger partial charge in [-0.25, -0.2) is 0 Å². The van der Waals surface area contributed by atoms with Gasteiger partial charge < -0.3 is 9.15 Å². The molecule has 0 spiro atoms. The number of aromatic nitrogens is 3. The van der Waals surface area contributed by atoms with Gasteiger partial charge in [-0.15, -0.1) is 10.2 Å². The Morgan fingerprint density at radius 2 is 2.20 bits per heavy atom. The van der Waals surface area contributed by atoms with Crippen LogP contribution in [0, 0.1) is 6.92 Å². The summed E-state index contributed by atoms with van der Waals surface area (Å²) in [6.45, 7) is 2.12. The van der Waals surface area contributed by atoms with Crippen LogP contribution < -0.4 is 4.74 Å². The minimum atomic E-state index is 0.275. The first-order chi connectivity index (χ1) is 12.1. The molecule has 0 atom stereocenters. The van der Waals surface area contributed by atoms with E-state index in [1.165, 1.54) is 11.8 Å². The summed E-state index contributed by atoms with van der Waals surface area (Å²) in [5.41, 5.74) is 0. The first kappa shape index (κ1) is 18.0. The lowest BCUT2D eigenvalue weighted by molar-refractivity contribution is 0.270. The van der Waals surface area contributed by atoms with Gasteiger partial charge in [0.05, 0.1) is 11.2 Å². The Balaban J connectivity index is 1.66. The number of ether oxygens (including phenoxy) is 1. The van der Waals surface area contributed by atoms with Crippen LogP contribution in [0.2, 0.25) is 5.02 Å². The van der Waals surface area contributed by atoms with E-state index in [1.54, 1.807) is 23.0 Å². The number of hydrogen-bond acceptors (Lipinski definition) is 6. The number of furan rings is 1. The Labute approximate surface area is 162 Å². The van der Waals surface area contributed by atoms with Crippen molar-refractivity contribution in [3.8, 4) is 5.75 Å². The quantitative estimate of drug-likeness (QED) is 0.407. The van der Waals surface area contributed by atoms with Gasteiger partial charge in [0.2, 0.25) is 5.16 Å². The number of rotatable bonds is 6. The van der Waals surface area contributed by atoms with E-state index >= 15 is 0 Å². The second kappa shape index (κ2) is 8.07. The van der Waals surface area contributed by atoms with Gasteiger partial charge in [0.25, 0.3) is 0 Å². The molecule has 0 saturated carbocycles. The summed E-state index contributed by atoms with van der Waals surface area (Å²) in [5.74, 6) is 2.59. The molecule has 25 heavy (non-hydrogen) atoms. The molecule has 0 fully saturated rings. The molecule has 0 aliphatic heterocycles. The molecule has 0 aliphatic rings. The minimum absolute atomic E-state index is 0.275. The van der Waals surface area contributed by atoms with E-state index in [0.29, 0.717) is 33.3 Å². The Hall–Kier alpha value is -1.77. The molecule has 0 aliphatic carbocycles. The smallest absolute Gasteiger partial charge is 0.211 e. The van der Waals surface area contributed by atoms with Crippen LogP contribution in [0.5, 0.6) is 5.75 Å². The number of benzene rings is 1. The van der Waals surface area contributed by atoms with Crippen LogP contribution >= 0.6 is 39.3 Å². The SMILES string of the molecule is CSc1nnc(C)n1N=Cc1ccc(COc2ccc(Br)cc2Cl)o1. The fourth-order valence-corrected chi connectivity index (χ4v) is 3.20. The van der Waals surface area contributed by atoms with Crippen molar-refractivity contribution in [2.24, 2.45) is 5.10 Å². The zero-order chi connectivity index (χ0) is 17.8. The van der Waals surface area contributed by atoms with E-state index in [1.807, 2.05) is 31.4 Å². The maximum Gasteiger partial charge on any atom is 0.211 e. The van der Waals surface area contributed by atoms with Crippen LogP contribution in [0.15, 0.2) is 49.5 Å². The van der Waals surface area contributed by atoms with E-state index < -0.39 is 0 Å². The molecule has 2 heterocycles. The van der Waals surface area contributed by atoms with Crippen LogP contribution in [-0.4, -0.2) is 27.3 Å². The van der Waals surface area contributed by atoms with E-state index in [9.17, 15) is 0 Å². The predicted octanol–water partition coefficient (Wildman–Crippen LogP) is 4.78. The molecule has 0 bridgehead atoms. The van der Waals surface area contributed by atoms with Gasteiger partial charge in [-0.05, 0) is 43.5 Å². The maximum absolute atomic E-state index is 6.13. The largest absolute Gasteiger partial charge is 0.484 e. The fourth-order valence-electron chi connectivity index (χ4n) is 2.00. The molecular weight excluding hydrogens is 428 g/mol. The van der Waals surface area contributed by atoms with Gasteiger partial charge >= 0.3 is 0 Å². The monoisotopic (exact) mass is 440 g/mol. The Morgan fingerprint density at radius 3 is 2.96 bits per heavy atom. The molecule has 0 radical (unpaired) electrons. The number of halogens is 2. The van der Waals surface area contributed by atoms with Crippen molar-refractivity contribution in [2.75, 3.05) is 6.26 Å². The first-order valence-corrected chi connectivity index (χ1v) is 9.63. The second-order valence-electron chi connectivity index (χ2n) is 4.96. The van der Waals surface area contributed by atoms with Crippen molar-refractivity contribution in [1.29, 1.82) is 0 Å². The Morgan fingerprint density at radius 1 is 1.36 bits per heavy atom. The van der Waals surface area contributed by atoms with Gasteiger partial charge in [-0.2, -0.15) is 9.78 Å². The van der Waals surface area contributed by atoms with Crippen LogP contribution in [-0.2, 0) is 6.61 Å². The molecule has 0 amide bonds. The summed E-state index contributed by atoms with van der Waals surface area (Å²) in [6, 6.07) is 9.11. The Bertz CT molecular complexity index is 909. The van der Waals surface area contributed by atoms with Crippen molar-refractivity contribution >= 4 is 45.5 Å². The van der Waals surface area contributed by atoms with Crippen LogP contribution in [0.3, 0.4) is 0 Å². The average molecular weight is 442 g/mol. The first-order valence-electron chi connectivity index (χ1n) is 7.23. The molecule has 2 aromatic heterocycles. The summed E-state index contributed by atoms with van der Waals surface area (Å²) in [5, 5.41) is 13.6. The van der Waals surface area contributed by atoms with E-state index in [-0.39, 0.29) is 6.61 Å². The van der Waals surface area contributed by atoms with Gasteiger partial charge in [0.15, 0.2) is 5.82 Å². The van der Waals surface area contributed by atoms with Gasteiger partial charge in [0.1, 0.15) is 23.9 Å². The standard InChI is InChI=1S/C16H14BrClN4O2S/c1-10-20-21-16(25-2)22(10)19-8-12-4-5-13(24-12)9-23-15-6-3-11(17)7-14(15)18/h3-8H,9H2,1-2H3. The molecule has 0 unspecified atom stereocenters. The predicted molar refractivity (Wildman–Crippen MR) is 102 cm³/mol. The number of nitrogens with zero attached hydrogens (tertiary/aromatic N) is 4. The molecule has 130 valence electrons. The van der Waals surface area contributed by atoms with E-state index in [0.717, 1.165) is 4.47 Å². The molecule has 1 aromatic carbocycles. The molecule has 6 nitrogen and oxygen atoms in total. The summed E-state index contributed by atoms with van der Waals surface area (Å²) < 4.78 is 13.9. The molecule has 0 N–H and O–H groups in total. The van der Waals surface area contributed by atoms with Crippen LogP contribution in [0.1, 0.15) is 17.3 Å². The summed E-state index contributed by atoms with van der Waals surface area (Å²) in [4.78, 5) is 0. The van der Waals surface area contributed by atoms with Crippen molar-refractivity contribution in [1.82, 2.24) is 14.9 Å². The van der Waals surface area contributed by atoms with Crippen molar-refractivity contribution in [2.45, 2.75) is 18.7 Å². The lowest BCUT2D eigenvalue weighted by Crippen LogP contribution is -1.95. The van der Waals surface area contributed by atoms with Crippen LogP contribution in [0.4, 0.5) is 0 Å². The lowest BCUT2D eigenvalue weighted by atomic mass is 10.3. The minimum Gasteiger partial charge on any atom is -0.484 e. The third kappa shape index (κ3) is 4.45. The molecule has 3 aromatic rings. The highest BCUT2D eigenvalue weighted by atomic mass is 79.9. The number of thioether (sulfide) groups is 1. The zero-order valence-corrected chi connectivity index (χ0v) is 16.6. The lowest BCUT2D eigenvalue weighted by Gasteiger charge is -2.06. The van der Waals surface area contributed by atoms with E-state index in [4.69, 9.17) is 20.8 Å². The summed E-state index contributed by atoms with van der Waals surface area (Å²) in [6.07, 6.45) is 3.54. The van der Waals surface area contributed by atoms with Gasteiger partial charge in [-0.3, -0.25) is 0 Å². The molecular formula is C16H14BrClN4O2S. The normalized spacial score (nSPS) is 11.4. The highest BCUT2D eigenvalue weighted by Gasteiger charge is 2.07. The third-order valence-electron chi connectivity index (χ3n) is 3.20. The van der Waals surface area contributed by atoms with Crippen LogP contribution in [0.25, 0.3) is 0 Å². The maximum atomic E-state index is 6.13. The average Bonchev–Trinajstić information content (AvgIpc) is 3.18. The van der Waals surface area contributed by atoms with Crippen molar-refractivity contribution < 1.29 is 9.15 Å². The van der Waals surface area contributed by atoms with Gasteiger partial charge in [-0.1, -0.05) is 39.3 Å². The summed E-state index contributed by atoms with van der Waals surface area (Å²) >= 11 is 11.0. The van der Waals surface area contributed by atoms with Crippen molar-refractivity contribution in [3.63, 3.8) is 0 Å². The topological polar surface area (TPSA) is 65.4 Å². The molecule has 3 rings (SSSR count). The molecule has 0 saturated heterocycles. The highest BCUT2D eigenvalue weighted by Crippen LogP contribution is 2.28. The third-order valence-corrected chi connectivity index (χ3v) is 4.61. The highest BCUT2D eigenvalue weighted by molar-refractivity contribution is 9.10. The van der Waals surface area contributed by atoms with Gasteiger partial charge in [0, 0.05) is 4.47 Å². The molecule has 9 heteroatoms.